The molecule has 0 amide bonds. The smallest absolute Gasteiger partial charge is 0.305 e. The third-order valence-electron chi connectivity index (χ3n) is 0.420. The predicted octanol–water partition coefficient (Wildman–Crippen LogP) is -0.499. The molecule has 1 N–H and O–H groups in total. The van der Waals surface area contributed by atoms with Crippen molar-refractivity contribution in [2.24, 2.45) is 0 Å². The molecule has 1 atom stereocenters. The molecule has 0 saturated heterocycles. The lowest BCUT2D eigenvalue weighted by Gasteiger charge is -1.99. The van der Waals surface area contributed by atoms with Crippen molar-refractivity contribution in [2.45, 2.75) is 13.2 Å². The van der Waals surface area contributed by atoms with Gasteiger partial charge >= 0.3 is 5.97 Å². The lowest BCUT2D eigenvalue weighted by Crippen LogP contribution is -2.12. The summed E-state index contributed by atoms with van der Waals surface area (Å²) in [5.41, 5.74) is 0. The first kappa shape index (κ1) is 6.99. The van der Waals surface area contributed by atoms with E-state index in [9.17, 15) is 4.79 Å². The van der Waals surface area contributed by atoms with Gasteiger partial charge in [-0.3, -0.25) is 4.79 Å². The van der Waals surface area contributed by atoms with Crippen LogP contribution in [0.3, 0.4) is 0 Å². The van der Waals surface area contributed by atoms with Crippen molar-refractivity contribution < 1.29 is 14.6 Å². The van der Waals surface area contributed by atoms with E-state index in [1.807, 2.05) is 5.92 Å². The maximum Gasteiger partial charge on any atom is 0.305 e. The first-order valence-electron chi connectivity index (χ1n) is 1.98. The highest BCUT2D eigenvalue weighted by atomic mass is 16.6. The van der Waals surface area contributed by atoms with Crippen LogP contribution in [-0.4, -0.2) is 17.4 Å². The molecule has 3 nitrogen and oxygen atoms in total. The zero-order valence-corrected chi connectivity index (χ0v) is 4.42. The summed E-state index contributed by atoms with van der Waals surface area (Å²) in [6, 6.07) is 0. The fourth-order valence-corrected chi connectivity index (χ4v) is 0.191. The Kier molecular flexibility index (Phi) is 2.67. The van der Waals surface area contributed by atoms with Gasteiger partial charge in [-0.05, 0) is 5.92 Å². The molecule has 0 saturated carbocycles. The van der Waals surface area contributed by atoms with Crippen LogP contribution in [0.4, 0.5) is 0 Å². The Labute approximate surface area is 47.3 Å². The maximum absolute atomic E-state index is 9.94. The van der Waals surface area contributed by atoms with Crippen LogP contribution in [0.1, 0.15) is 6.92 Å². The first-order valence-corrected chi connectivity index (χ1v) is 1.98. The number of esters is 1. The Balaban J connectivity index is 3.43. The van der Waals surface area contributed by atoms with Gasteiger partial charge < -0.3 is 9.84 Å². The van der Waals surface area contributed by atoms with Gasteiger partial charge in [0.25, 0.3) is 6.29 Å². The van der Waals surface area contributed by atoms with E-state index in [1.54, 1.807) is 0 Å². The molecule has 0 aromatic carbocycles. The highest BCUT2D eigenvalue weighted by Crippen LogP contribution is 1.82. The zero-order chi connectivity index (χ0) is 6.57. The average Bonchev–Trinajstić information content (AvgIpc) is 1.65. The zero-order valence-electron chi connectivity index (χ0n) is 4.42. The summed E-state index contributed by atoms with van der Waals surface area (Å²) in [6.45, 7) is 1.17. The van der Waals surface area contributed by atoms with Gasteiger partial charge in [0.2, 0.25) is 0 Å². The molecule has 8 heavy (non-hydrogen) atoms. The molecule has 0 bridgehead atoms. The highest BCUT2D eigenvalue weighted by Gasteiger charge is 1.98. The van der Waals surface area contributed by atoms with Crippen LogP contribution in [0.15, 0.2) is 0 Å². The van der Waals surface area contributed by atoms with Crippen molar-refractivity contribution in [3.63, 3.8) is 0 Å². The Morgan fingerprint density at radius 2 is 2.50 bits per heavy atom. The van der Waals surface area contributed by atoms with E-state index in [-0.39, 0.29) is 0 Å². The summed E-state index contributed by atoms with van der Waals surface area (Å²) < 4.78 is 4.08. The Bertz CT molecular complexity index is 122. The van der Waals surface area contributed by atoms with Gasteiger partial charge in [-0.2, -0.15) is 0 Å². The molecule has 0 radical (unpaired) electrons. The number of terminal acetylenes is 1. The summed E-state index contributed by atoms with van der Waals surface area (Å²) in [7, 11) is 0. The number of aliphatic hydroxyl groups is 1. The molecule has 0 aromatic heterocycles. The third-order valence-corrected chi connectivity index (χ3v) is 0.420. The molecule has 0 fully saturated rings. The van der Waals surface area contributed by atoms with Crippen LogP contribution in [0.25, 0.3) is 0 Å². The number of hydrogen-bond donors (Lipinski definition) is 1. The molecule has 3 heteroatoms. The average molecular weight is 114 g/mol. The van der Waals surface area contributed by atoms with Crippen LogP contribution in [0, 0.1) is 12.3 Å². The van der Waals surface area contributed by atoms with E-state index in [4.69, 9.17) is 5.11 Å². The first-order chi connectivity index (χ1) is 3.66. The van der Waals surface area contributed by atoms with Crippen molar-refractivity contribution >= 4 is 5.97 Å². The van der Waals surface area contributed by atoms with Crippen LogP contribution in [0.5, 0.6) is 0 Å². The van der Waals surface area contributed by atoms with Gasteiger partial charge in [-0.25, -0.2) is 0 Å². The van der Waals surface area contributed by atoms with Gasteiger partial charge in [0.05, 0.1) is 0 Å². The largest absolute Gasteiger partial charge is 0.424 e. The van der Waals surface area contributed by atoms with E-state index < -0.39 is 12.3 Å². The van der Waals surface area contributed by atoms with Gasteiger partial charge in [-0.1, -0.05) is 0 Å². The molecule has 0 aliphatic heterocycles. The van der Waals surface area contributed by atoms with Crippen molar-refractivity contribution in [1.82, 2.24) is 0 Å². The Hall–Kier alpha value is -1.01. The summed E-state index contributed by atoms with van der Waals surface area (Å²) in [4.78, 5) is 9.94. The number of carbonyl (C=O) groups excluding carboxylic acids is 1. The molecule has 0 rings (SSSR count). The normalized spacial score (nSPS) is 11.6. The molecule has 0 aliphatic rings. The van der Waals surface area contributed by atoms with E-state index in [1.165, 1.54) is 6.92 Å². The minimum atomic E-state index is -1.40. The minimum Gasteiger partial charge on any atom is -0.424 e. The number of hydrogen-bond acceptors (Lipinski definition) is 3. The van der Waals surface area contributed by atoms with Crippen molar-refractivity contribution in [3.05, 3.63) is 0 Å². The second kappa shape index (κ2) is 3.05. The predicted molar refractivity (Wildman–Crippen MR) is 26.6 cm³/mol. The molecule has 0 aromatic rings. The SMILES string of the molecule is C#CC(O)OC(C)=O. The monoisotopic (exact) mass is 114 g/mol. The summed E-state index contributed by atoms with van der Waals surface area (Å²) >= 11 is 0. The third kappa shape index (κ3) is 3.19. The molecular formula is C5H6O3. The fourth-order valence-electron chi connectivity index (χ4n) is 0.191. The van der Waals surface area contributed by atoms with E-state index in [0.717, 1.165) is 0 Å². The lowest BCUT2D eigenvalue weighted by atomic mass is 10.6. The maximum atomic E-state index is 9.94. The summed E-state index contributed by atoms with van der Waals surface area (Å²) in [6.07, 6.45) is 3.25. The molecule has 0 spiro atoms. The molecule has 0 heterocycles. The number of aliphatic hydroxyl groups excluding tert-OH is 1. The van der Waals surface area contributed by atoms with Crippen LogP contribution in [0.2, 0.25) is 0 Å². The summed E-state index contributed by atoms with van der Waals surface area (Å²) in [5.74, 6) is 1.22. The number of ether oxygens (including phenoxy) is 1. The summed E-state index contributed by atoms with van der Waals surface area (Å²) in [5, 5.41) is 8.35. The van der Waals surface area contributed by atoms with Crippen LogP contribution >= 0.6 is 0 Å². The van der Waals surface area contributed by atoms with Gasteiger partial charge in [0.1, 0.15) is 0 Å². The van der Waals surface area contributed by atoms with E-state index in [0.29, 0.717) is 0 Å². The highest BCUT2D eigenvalue weighted by molar-refractivity contribution is 5.66. The quantitative estimate of drug-likeness (QED) is 0.284. The van der Waals surface area contributed by atoms with E-state index in [2.05, 4.69) is 11.2 Å². The second-order valence-electron chi connectivity index (χ2n) is 1.13. The number of carbonyl (C=O) groups is 1. The fraction of sp³-hybridized carbons (Fsp3) is 0.400. The molecule has 44 valence electrons. The second-order valence-corrected chi connectivity index (χ2v) is 1.13. The Morgan fingerprint density at radius 3 is 2.62 bits per heavy atom. The van der Waals surface area contributed by atoms with Crippen molar-refractivity contribution in [2.75, 3.05) is 0 Å². The standard InChI is InChI=1S/C5H6O3/c1-3-5(7)8-4(2)6/h1,5,7H,2H3. The van der Waals surface area contributed by atoms with Gasteiger partial charge in [0, 0.05) is 6.92 Å². The van der Waals surface area contributed by atoms with Crippen molar-refractivity contribution in [1.29, 1.82) is 0 Å². The molecular weight excluding hydrogens is 108 g/mol. The minimum absolute atomic E-state index is 0.588. The van der Waals surface area contributed by atoms with Crippen LogP contribution in [-0.2, 0) is 9.53 Å². The van der Waals surface area contributed by atoms with Crippen LogP contribution < -0.4 is 0 Å². The lowest BCUT2D eigenvalue weighted by molar-refractivity contribution is -0.156. The van der Waals surface area contributed by atoms with Gasteiger partial charge in [-0.15, -0.1) is 6.42 Å². The Morgan fingerprint density at radius 1 is 2.00 bits per heavy atom. The molecule has 1 unspecified atom stereocenters. The van der Waals surface area contributed by atoms with Crippen molar-refractivity contribution in [3.8, 4) is 12.3 Å². The number of rotatable bonds is 1. The topological polar surface area (TPSA) is 46.5 Å². The van der Waals surface area contributed by atoms with E-state index >= 15 is 0 Å². The van der Waals surface area contributed by atoms with Gasteiger partial charge in [0.15, 0.2) is 0 Å². The molecule has 0 aliphatic carbocycles.